The van der Waals surface area contributed by atoms with Crippen molar-refractivity contribution in [1.82, 2.24) is 4.90 Å². The van der Waals surface area contributed by atoms with Crippen LogP contribution >= 0.6 is 0 Å². The molecule has 0 saturated carbocycles. The zero-order chi connectivity index (χ0) is 17.2. The zero-order valence-corrected chi connectivity index (χ0v) is 14.5. The monoisotopic (exact) mass is 323 g/mol. The molecule has 1 aliphatic carbocycles. The number of aliphatic hydroxyl groups excluding tert-OH is 3. The van der Waals surface area contributed by atoms with Crippen molar-refractivity contribution < 1.29 is 20.1 Å². The van der Waals surface area contributed by atoms with Gasteiger partial charge in [0.25, 0.3) is 0 Å². The summed E-state index contributed by atoms with van der Waals surface area (Å²) >= 11 is 0. The van der Waals surface area contributed by atoms with Crippen LogP contribution in [0.15, 0.2) is 18.2 Å². The molecule has 0 radical (unpaired) electrons. The molecule has 0 aliphatic heterocycles. The maximum atomic E-state index is 10.2. The maximum absolute atomic E-state index is 10.2. The average Bonchev–Trinajstić information content (AvgIpc) is 2.45. The van der Waals surface area contributed by atoms with E-state index in [0.29, 0.717) is 25.1 Å². The lowest BCUT2D eigenvalue weighted by molar-refractivity contribution is 0.0127. The number of ether oxygens (including phenoxy) is 1. The van der Waals surface area contributed by atoms with Crippen molar-refractivity contribution in [2.75, 3.05) is 20.2 Å². The molecule has 1 unspecified atom stereocenters. The predicted molar refractivity (Wildman–Crippen MR) is 89.7 cm³/mol. The van der Waals surface area contributed by atoms with Crippen LogP contribution in [0, 0.1) is 0 Å². The van der Waals surface area contributed by atoms with Crippen molar-refractivity contribution in [3.63, 3.8) is 0 Å². The maximum Gasteiger partial charge on any atom is 0.123 e. The van der Waals surface area contributed by atoms with Crippen LogP contribution in [0.2, 0.25) is 0 Å². The van der Waals surface area contributed by atoms with Gasteiger partial charge in [-0.05, 0) is 39.4 Å². The summed E-state index contributed by atoms with van der Waals surface area (Å²) in [6, 6.07) is 5.68. The average molecular weight is 323 g/mol. The molecule has 3 atom stereocenters. The van der Waals surface area contributed by atoms with Crippen LogP contribution in [0.1, 0.15) is 31.9 Å². The van der Waals surface area contributed by atoms with E-state index in [2.05, 4.69) is 25.7 Å². The quantitative estimate of drug-likeness (QED) is 0.753. The second-order valence-corrected chi connectivity index (χ2v) is 7.45. The molecule has 1 aliphatic rings. The Morgan fingerprint density at radius 3 is 2.52 bits per heavy atom. The summed E-state index contributed by atoms with van der Waals surface area (Å²) in [5.74, 6) is 0.686. The third kappa shape index (κ3) is 4.67. The summed E-state index contributed by atoms with van der Waals surface area (Å²) in [5.41, 5.74) is 1.93. The summed E-state index contributed by atoms with van der Waals surface area (Å²) in [4.78, 5) is 2.08. The Morgan fingerprint density at radius 2 is 1.87 bits per heavy atom. The minimum absolute atomic E-state index is 0.00681. The first-order valence-electron chi connectivity index (χ1n) is 8.17. The molecule has 0 bridgehead atoms. The number of β-amino-alcohol motifs (C(OH)–C–C–N with tert-alkyl or cyclic N) is 1. The first kappa shape index (κ1) is 18.2. The second-order valence-electron chi connectivity index (χ2n) is 7.45. The van der Waals surface area contributed by atoms with E-state index in [1.165, 1.54) is 0 Å². The van der Waals surface area contributed by atoms with Gasteiger partial charge in [-0.2, -0.15) is 0 Å². The molecule has 0 fully saturated rings. The molecule has 5 heteroatoms. The zero-order valence-electron chi connectivity index (χ0n) is 14.5. The number of hydrogen-bond donors (Lipinski definition) is 3. The topological polar surface area (TPSA) is 73.2 Å². The van der Waals surface area contributed by atoms with Crippen molar-refractivity contribution in [3.05, 3.63) is 29.3 Å². The minimum atomic E-state index is -0.760. The number of aliphatic hydroxyl groups is 3. The van der Waals surface area contributed by atoms with Gasteiger partial charge in [0.1, 0.15) is 18.5 Å². The second kappa shape index (κ2) is 7.18. The van der Waals surface area contributed by atoms with Gasteiger partial charge in [0.2, 0.25) is 0 Å². The molecule has 0 heterocycles. The van der Waals surface area contributed by atoms with E-state index in [-0.39, 0.29) is 12.1 Å². The van der Waals surface area contributed by atoms with Gasteiger partial charge in [-0.15, -0.1) is 0 Å². The standard InChI is InChI=1S/C18H29NO4/c1-18(2,3)19(4)10-13(20)11-23-17-7-5-6-12-8-15(21)16(22)9-14(12)17/h5-7,13,15-16,20-22H,8-11H2,1-4H3/t13?,15-,16+/m1/s1. The number of benzene rings is 1. The number of nitrogens with zero attached hydrogens (tertiary/aromatic N) is 1. The van der Waals surface area contributed by atoms with Crippen molar-refractivity contribution >= 4 is 0 Å². The molecular weight excluding hydrogens is 294 g/mol. The summed E-state index contributed by atoms with van der Waals surface area (Å²) in [5, 5.41) is 29.8. The molecule has 130 valence electrons. The number of rotatable bonds is 5. The van der Waals surface area contributed by atoms with Gasteiger partial charge in [0.05, 0.1) is 12.2 Å². The van der Waals surface area contributed by atoms with Crippen LogP contribution in [0.5, 0.6) is 5.75 Å². The van der Waals surface area contributed by atoms with Crippen LogP contribution in [0.4, 0.5) is 0 Å². The Balaban J connectivity index is 1.98. The number of hydrogen-bond acceptors (Lipinski definition) is 5. The molecule has 5 nitrogen and oxygen atoms in total. The fourth-order valence-electron chi connectivity index (χ4n) is 2.70. The molecule has 1 aromatic rings. The molecule has 0 saturated heterocycles. The van der Waals surface area contributed by atoms with Gasteiger partial charge in [-0.3, -0.25) is 4.90 Å². The highest BCUT2D eigenvalue weighted by atomic mass is 16.5. The van der Waals surface area contributed by atoms with E-state index < -0.39 is 18.3 Å². The van der Waals surface area contributed by atoms with Crippen LogP contribution < -0.4 is 4.74 Å². The lowest BCUT2D eigenvalue weighted by Gasteiger charge is -2.33. The lowest BCUT2D eigenvalue weighted by Crippen LogP contribution is -2.44. The van der Waals surface area contributed by atoms with E-state index in [1.54, 1.807) is 0 Å². The Hall–Kier alpha value is -1.14. The number of fused-ring (bicyclic) bond motifs is 1. The Bertz CT molecular complexity index is 526. The van der Waals surface area contributed by atoms with Crippen molar-refractivity contribution in [1.29, 1.82) is 0 Å². The highest BCUT2D eigenvalue weighted by Crippen LogP contribution is 2.30. The Morgan fingerprint density at radius 1 is 1.22 bits per heavy atom. The predicted octanol–water partition coefficient (Wildman–Crippen LogP) is 0.977. The smallest absolute Gasteiger partial charge is 0.123 e. The molecule has 0 aromatic heterocycles. The van der Waals surface area contributed by atoms with Crippen LogP contribution in [0.3, 0.4) is 0 Å². The molecule has 3 N–H and O–H groups in total. The fraction of sp³-hybridized carbons (Fsp3) is 0.667. The molecule has 2 rings (SSSR count). The molecule has 0 spiro atoms. The Kier molecular flexibility index (Phi) is 5.68. The third-order valence-corrected chi connectivity index (χ3v) is 4.58. The summed E-state index contributed by atoms with van der Waals surface area (Å²) in [6.07, 6.45) is -1.25. The minimum Gasteiger partial charge on any atom is -0.491 e. The van der Waals surface area contributed by atoms with Gasteiger partial charge in [0.15, 0.2) is 0 Å². The van der Waals surface area contributed by atoms with Crippen LogP contribution in [-0.4, -0.2) is 64.3 Å². The number of likely N-dealkylation sites (N-methyl/N-ethyl adjacent to an activating group) is 1. The lowest BCUT2D eigenvalue weighted by atomic mass is 9.87. The SMILES string of the molecule is CN(CC(O)COc1cccc2c1C[C@H](O)[C@H](O)C2)C(C)(C)C. The van der Waals surface area contributed by atoms with Crippen molar-refractivity contribution in [2.45, 2.75) is 57.5 Å². The molecule has 0 amide bonds. The van der Waals surface area contributed by atoms with Crippen LogP contribution in [0.25, 0.3) is 0 Å². The van der Waals surface area contributed by atoms with Crippen LogP contribution in [-0.2, 0) is 12.8 Å². The normalized spacial score (nSPS) is 22.8. The van der Waals surface area contributed by atoms with Crippen molar-refractivity contribution in [3.8, 4) is 5.75 Å². The molecular formula is C18H29NO4. The van der Waals surface area contributed by atoms with E-state index in [4.69, 9.17) is 4.74 Å². The highest BCUT2D eigenvalue weighted by Gasteiger charge is 2.27. The highest BCUT2D eigenvalue weighted by molar-refractivity contribution is 5.43. The summed E-state index contributed by atoms with van der Waals surface area (Å²) < 4.78 is 5.79. The first-order valence-corrected chi connectivity index (χ1v) is 8.17. The van der Waals surface area contributed by atoms with Gasteiger partial charge in [0, 0.05) is 30.5 Å². The largest absolute Gasteiger partial charge is 0.491 e. The van der Waals surface area contributed by atoms with E-state index in [9.17, 15) is 15.3 Å². The van der Waals surface area contributed by atoms with E-state index in [1.807, 2.05) is 25.2 Å². The third-order valence-electron chi connectivity index (χ3n) is 4.58. The molecule has 23 heavy (non-hydrogen) atoms. The van der Waals surface area contributed by atoms with Crippen molar-refractivity contribution in [2.24, 2.45) is 0 Å². The van der Waals surface area contributed by atoms with Gasteiger partial charge < -0.3 is 20.1 Å². The summed E-state index contributed by atoms with van der Waals surface area (Å²) in [6.45, 7) is 7.03. The van der Waals surface area contributed by atoms with Gasteiger partial charge in [-0.1, -0.05) is 12.1 Å². The fourth-order valence-corrected chi connectivity index (χ4v) is 2.70. The van der Waals surface area contributed by atoms with E-state index in [0.717, 1.165) is 11.1 Å². The van der Waals surface area contributed by atoms with E-state index >= 15 is 0 Å². The Labute approximate surface area is 138 Å². The van der Waals surface area contributed by atoms with Gasteiger partial charge in [-0.25, -0.2) is 0 Å². The molecule has 1 aromatic carbocycles. The first-order chi connectivity index (χ1) is 10.7. The van der Waals surface area contributed by atoms with Gasteiger partial charge >= 0.3 is 0 Å². The summed E-state index contributed by atoms with van der Waals surface area (Å²) in [7, 11) is 1.98.